The minimum atomic E-state index is -0.354. The number of halogens is 1. The van der Waals surface area contributed by atoms with Crippen molar-refractivity contribution in [3.8, 4) is 11.8 Å². The number of aromatic hydroxyl groups is 1. The Morgan fingerprint density at radius 2 is 2.11 bits per heavy atom. The number of hydrogen-bond acceptors (Lipinski definition) is 3. The van der Waals surface area contributed by atoms with Crippen molar-refractivity contribution in [3.05, 3.63) is 28.8 Å². The summed E-state index contributed by atoms with van der Waals surface area (Å²) in [5, 5.41) is 19.2. The van der Waals surface area contributed by atoms with E-state index in [1.54, 1.807) is 4.90 Å². The molecule has 2 rings (SSSR count). The van der Waals surface area contributed by atoms with Gasteiger partial charge in [0.25, 0.3) is 5.91 Å². The molecule has 0 radical (unpaired) electrons. The quantitative estimate of drug-likeness (QED) is 0.859. The van der Waals surface area contributed by atoms with Crippen LogP contribution < -0.4 is 0 Å². The van der Waals surface area contributed by atoms with Gasteiger partial charge in [-0.05, 0) is 38.0 Å². The second-order valence-electron chi connectivity index (χ2n) is 5.13. The number of phenols is 1. The molecule has 100 valence electrons. The van der Waals surface area contributed by atoms with E-state index in [2.05, 4.69) is 6.07 Å². The van der Waals surface area contributed by atoms with Crippen LogP contribution in [0.25, 0.3) is 0 Å². The average molecular weight is 279 g/mol. The highest BCUT2D eigenvalue weighted by Crippen LogP contribution is 2.31. The number of phenolic OH excluding ortho intramolecular Hbond substituents is 1. The number of nitriles is 1. The minimum Gasteiger partial charge on any atom is -0.507 e. The van der Waals surface area contributed by atoms with Crippen LogP contribution in [-0.4, -0.2) is 29.0 Å². The zero-order chi connectivity index (χ0) is 14.0. The van der Waals surface area contributed by atoms with Crippen LogP contribution >= 0.6 is 11.6 Å². The highest BCUT2D eigenvalue weighted by Gasteiger charge is 2.32. The predicted molar refractivity (Wildman–Crippen MR) is 72.0 cm³/mol. The van der Waals surface area contributed by atoms with Crippen molar-refractivity contribution in [2.75, 3.05) is 13.1 Å². The standard InChI is InChI=1S/C14H15ClN2O2/c1-14(9-16)4-6-17(7-5-14)13(19)11-8-10(15)2-3-12(11)18/h2-3,8,18H,4-7H2,1H3. The summed E-state index contributed by atoms with van der Waals surface area (Å²) in [6, 6.07) is 6.72. The lowest BCUT2D eigenvalue weighted by atomic mass is 9.82. The monoisotopic (exact) mass is 278 g/mol. The van der Waals surface area contributed by atoms with E-state index in [-0.39, 0.29) is 22.6 Å². The molecular weight excluding hydrogens is 264 g/mol. The van der Waals surface area contributed by atoms with Crippen LogP contribution in [0.4, 0.5) is 0 Å². The van der Waals surface area contributed by atoms with Gasteiger partial charge in [0.15, 0.2) is 0 Å². The number of amides is 1. The normalized spacial score (nSPS) is 17.8. The second kappa shape index (κ2) is 5.10. The Kier molecular flexibility index (Phi) is 3.68. The molecule has 1 amide bonds. The Labute approximate surface area is 117 Å². The lowest BCUT2D eigenvalue weighted by Gasteiger charge is -2.35. The zero-order valence-corrected chi connectivity index (χ0v) is 11.4. The van der Waals surface area contributed by atoms with Gasteiger partial charge in [0.1, 0.15) is 5.75 Å². The average Bonchev–Trinajstić information content (AvgIpc) is 2.42. The van der Waals surface area contributed by atoms with Crippen LogP contribution in [0.5, 0.6) is 5.75 Å². The third-order valence-corrected chi connectivity index (χ3v) is 3.85. The molecule has 4 nitrogen and oxygen atoms in total. The van der Waals surface area contributed by atoms with E-state index in [1.807, 2.05) is 6.92 Å². The summed E-state index contributed by atoms with van der Waals surface area (Å²) in [6.45, 7) is 2.95. The maximum atomic E-state index is 12.3. The third kappa shape index (κ3) is 2.82. The van der Waals surface area contributed by atoms with Crippen molar-refractivity contribution >= 4 is 17.5 Å². The summed E-state index contributed by atoms with van der Waals surface area (Å²) < 4.78 is 0. The Morgan fingerprint density at radius 3 is 2.68 bits per heavy atom. The topological polar surface area (TPSA) is 64.3 Å². The Balaban J connectivity index is 2.14. The van der Waals surface area contributed by atoms with E-state index in [9.17, 15) is 9.90 Å². The fourth-order valence-electron chi connectivity index (χ4n) is 2.17. The second-order valence-corrected chi connectivity index (χ2v) is 5.56. The molecule has 0 unspecified atom stereocenters. The van der Waals surface area contributed by atoms with Gasteiger partial charge in [-0.3, -0.25) is 4.79 Å². The summed E-state index contributed by atoms with van der Waals surface area (Å²) in [5.41, 5.74) is -0.138. The maximum absolute atomic E-state index is 12.3. The molecule has 1 aliphatic heterocycles. The van der Waals surface area contributed by atoms with Crippen molar-refractivity contribution in [1.82, 2.24) is 4.90 Å². The number of rotatable bonds is 1. The van der Waals surface area contributed by atoms with E-state index in [0.717, 1.165) is 0 Å². The smallest absolute Gasteiger partial charge is 0.257 e. The van der Waals surface area contributed by atoms with E-state index >= 15 is 0 Å². The first-order valence-corrected chi connectivity index (χ1v) is 6.52. The molecule has 0 saturated carbocycles. The number of benzene rings is 1. The molecule has 1 heterocycles. The van der Waals surface area contributed by atoms with Crippen molar-refractivity contribution in [1.29, 1.82) is 5.26 Å². The third-order valence-electron chi connectivity index (χ3n) is 3.61. The molecule has 5 heteroatoms. The van der Waals surface area contributed by atoms with Crippen molar-refractivity contribution in [3.63, 3.8) is 0 Å². The molecule has 1 aromatic carbocycles. The molecule has 19 heavy (non-hydrogen) atoms. The molecular formula is C14H15ClN2O2. The van der Waals surface area contributed by atoms with Crippen LogP contribution in [0.1, 0.15) is 30.1 Å². The first-order chi connectivity index (χ1) is 8.95. The minimum absolute atomic E-state index is 0.0666. The molecule has 1 saturated heterocycles. The Morgan fingerprint density at radius 1 is 1.47 bits per heavy atom. The van der Waals surface area contributed by atoms with Crippen molar-refractivity contribution < 1.29 is 9.90 Å². The van der Waals surface area contributed by atoms with E-state index in [1.165, 1.54) is 18.2 Å². The van der Waals surface area contributed by atoms with Crippen molar-refractivity contribution in [2.24, 2.45) is 5.41 Å². The maximum Gasteiger partial charge on any atom is 0.257 e. The van der Waals surface area contributed by atoms with E-state index in [4.69, 9.17) is 16.9 Å². The SMILES string of the molecule is CC1(C#N)CCN(C(=O)c2cc(Cl)ccc2O)CC1. The number of hydrogen-bond donors (Lipinski definition) is 1. The molecule has 1 aliphatic rings. The molecule has 0 atom stereocenters. The lowest BCUT2D eigenvalue weighted by molar-refractivity contribution is 0.0659. The Bertz CT molecular complexity index is 543. The van der Waals surface area contributed by atoms with Gasteiger partial charge in [0.05, 0.1) is 17.0 Å². The number of likely N-dealkylation sites (tertiary alicyclic amines) is 1. The largest absolute Gasteiger partial charge is 0.507 e. The number of nitrogens with zero attached hydrogens (tertiary/aromatic N) is 2. The van der Waals surface area contributed by atoms with Gasteiger partial charge in [-0.25, -0.2) is 0 Å². The van der Waals surface area contributed by atoms with Crippen LogP contribution in [0.2, 0.25) is 5.02 Å². The highest BCUT2D eigenvalue weighted by atomic mass is 35.5. The molecule has 0 spiro atoms. The van der Waals surface area contributed by atoms with Crippen LogP contribution in [0, 0.1) is 16.7 Å². The first-order valence-electron chi connectivity index (χ1n) is 6.14. The van der Waals surface area contributed by atoms with Gasteiger partial charge in [-0.2, -0.15) is 5.26 Å². The molecule has 0 aliphatic carbocycles. The number of carbonyl (C=O) groups excluding carboxylic acids is 1. The number of piperidine rings is 1. The molecule has 1 fully saturated rings. The van der Waals surface area contributed by atoms with Crippen LogP contribution in [0.15, 0.2) is 18.2 Å². The van der Waals surface area contributed by atoms with Crippen molar-refractivity contribution in [2.45, 2.75) is 19.8 Å². The fourth-order valence-corrected chi connectivity index (χ4v) is 2.34. The molecule has 1 N–H and O–H groups in total. The molecule has 0 aromatic heterocycles. The summed E-state index contributed by atoms with van der Waals surface area (Å²) in [5.74, 6) is -0.303. The van der Waals surface area contributed by atoms with Gasteiger partial charge < -0.3 is 10.0 Å². The summed E-state index contributed by atoms with van der Waals surface area (Å²) in [6.07, 6.45) is 1.30. The van der Waals surface area contributed by atoms with E-state index in [0.29, 0.717) is 31.0 Å². The van der Waals surface area contributed by atoms with Gasteiger partial charge >= 0.3 is 0 Å². The van der Waals surface area contributed by atoms with Crippen LogP contribution in [-0.2, 0) is 0 Å². The van der Waals surface area contributed by atoms with Gasteiger partial charge in [-0.15, -0.1) is 0 Å². The first kappa shape index (κ1) is 13.7. The Hall–Kier alpha value is -1.73. The fraction of sp³-hybridized carbons (Fsp3) is 0.429. The summed E-state index contributed by atoms with van der Waals surface area (Å²) in [7, 11) is 0. The zero-order valence-electron chi connectivity index (χ0n) is 10.7. The van der Waals surface area contributed by atoms with E-state index < -0.39 is 0 Å². The van der Waals surface area contributed by atoms with Gasteiger partial charge in [0.2, 0.25) is 0 Å². The molecule has 0 bridgehead atoms. The predicted octanol–water partition coefficient (Wildman–Crippen LogP) is 2.81. The summed E-state index contributed by atoms with van der Waals surface area (Å²) >= 11 is 5.84. The van der Waals surface area contributed by atoms with Gasteiger partial charge in [-0.1, -0.05) is 11.6 Å². The summed E-state index contributed by atoms with van der Waals surface area (Å²) in [4.78, 5) is 14.0. The van der Waals surface area contributed by atoms with Gasteiger partial charge in [0, 0.05) is 18.1 Å². The van der Waals surface area contributed by atoms with Crippen LogP contribution in [0.3, 0.4) is 0 Å². The molecule has 1 aromatic rings. The number of carbonyl (C=O) groups is 1. The highest BCUT2D eigenvalue weighted by molar-refractivity contribution is 6.31. The lowest BCUT2D eigenvalue weighted by Crippen LogP contribution is -2.41.